The standard InChI is InChI=1S/C18H28N4O2/c1-14(20-17(23)9-6-10-19-2)18(24)21-15-7-5-8-16(13-15)22-11-3-4-12-22/h5,7-8,13-14,19H,3-4,6,9-12H2,1-2H3,(H,20,23)(H,21,24). The van der Waals surface area contributed by atoms with Crippen LogP contribution in [0.5, 0.6) is 0 Å². The van der Waals surface area contributed by atoms with Crippen molar-refractivity contribution < 1.29 is 9.59 Å². The van der Waals surface area contributed by atoms with E-state index in [-0.39, 0.29) is 11.8 Å². The highest BCUT2D eigenvalue weighted by Gasteiger charge is 2.17. The van der Waals surface area contributed by atoms with E-state index < -0.39 is 6.04 Å². The second kappa shape index (κ2) is 9.27. The van der Waals surface area contributed by atoms with Crippen molar-refractivity contribution >= 4 is 23.2 Å². The van der Waals surface area contributed by atoms with Crippen LogP contribution in [0.3, 0.4) is 0 Å². The molecule has 0 spiro atoms. The molecule has 132 valence electrons. The van der Waals surface area contributed by atoms with Gasteiger partial charge in [-0.15, -0.1) is 0 Å². The monoisotopic (exact) mass is 332 g/mol. The molecule has 1 heterocycles. The molecular weight excluding hydrogens is 304 g/mol. The Balaban J connectivity index is 1.84. The largest absolute Gasteiger partial charge is 0.371 e. The summed E-state index contributed by atoms with van der Waals surface area (Å²) in [5, 5.41) is 8.62. The highest BCUT2D eigenvalue weighted by Crippen LogP contribution is 2.23. The maximum atomic E-state index is 12.3. The Morgan fingerprint density at radius 2 is 2.00 bits per heavy atom. The number of hydrogen-bond donors (Lipinski definition) is 3. The van der Waals surface area contributed by atoms with Gasteiger partial charge < -0.3 is 20.9 Å². The Labute approximate surface area is 144 Å². The number of anilines is 2. The minimum atomic E-state index is -0.553. The van der Waals surface area contributed by atoms with E-state index in [0.29, 0.717) is 6.42 Å². The minimum absolute atomic E-state index is 0.0984. The normalized spacial score (nSPS) is 15.2. The zero-order valence-corrected chi connectivity index (χ0v) is 14.6. The van der Waals surface area contributed by atoms with Crippen molar-refractivity contribution in [3.05, 3.63) is 24.3 Å². The molecule has 0 saturated carbocycles. The number of benzene rings is 1. The Morgan fingerprint density at radius 1 is 1.25 bits per heavy atom. The first kappa shape index (κ1) is 18.3. The van der Waals surface area contributed by atoms with Crippen LogP contribution < -0.4 is 20.9 Å². The molecule has 0 aromatic heterocycles. The molecular formula is C18H28N4O2. The summed E-state index contributed by atoms with van der Waals surface area (Å²) in [4.78, 5) is 26.4. The van der Waals surface area contributed by atoms with E-state index in [4.69, 9.17) is 0 Å². The quantitative estimate of drug-likeness (QED) is 0.634. The van der Waals surface area contributed by atoms with Gasteiger partial charge in [0.25, 0.3) is 0 Å². The van der Waals surface area contributed by atoms with E-state index in [1.807, 2.05) is 25.2 Å². The average Bonchev–Trinajstić information content (AvgIpc) is 3.10. The molecule has 6 nitrogen and oxygen atoms in total. The Kier molecular flexibility index (Phi) is 7.06. The molecule has 1 fully saturated rings. The highest BCUT2D eigenvalue weighted by molar-refractivity contribution is 5.97. The van der Waals surface area contributed by atoms with Crippen molar-refractivity contribution in [2.45, 2.75) is 38.6 Å². The zero-order valence-electron chi connectivity index (χ0n) is 14.6. The fourth-order valence-corrected chi connectivity index (χ4v) is 2.81. The second-order valence-electron chi connectivity index (χ2n) is 6.23. The van der Waals surface area contributed by atoms with Gasteiger partial charge in [-0.25, -0.2) is 0 Å². The van der Waals surface area contributed by atoms with E-state index in [1.54, 1.807) is 6.92 Å². The van der Waals surface area contributed by atoms with Crippen LogP contribution in [0.4, 0.5) is 11.4 Å². The smallest absolute Gasteiger partial charge is 0.246 e. The van der Waals surface area contributed by atoms with Gasteiger partial charge in [0.2, 0.25) is 11.8 Å². The molecule has 2 amide bonds. The fraction of sp³-hybridized carbons (Fsp3) is 0.556. The number of carbonyl (C=O) groups excluding carboxylic acids is 2. The van der Waals surface area contributed by atoms with Gasteiger partial charge in [-0.3, -0.25) is 9.59 Å². The summed E-state index contributed by atoms with van der Waals surface area (Å²) in [6.45, 7) is 4.62. The Bertz CT molecular complexity index is 556. The maximum absolute atomic E-state index is 12.3. The lowest BCUT2D eigenvalue weighted by Gasteiger charge is -2.19. The highest BCUT2D eigenvalue weighted by atomic mass is 16.2. The lowest BCUT2D eigenvalue weighted by molar-refractivity contribution is -0.126. The van der Waals surface area contributed by atoms with Crippen LogP contribution in [-0.2, 0) is 9.59 Å². The molecule has 2 rings (SSSR count). The van der Waals surface area contributed by atoms with Gasteiger partial charge in [-0.1, -0.05) is 6.07 Å². The third-order valence-corrected chi connectivity index (χ3v) is 4.19. The van der Waals surface area contributed by atoms with Gasteiger partial charge in [0.15, 0.2) is 0 Å². The summed E-state index contributed by atoms with van der Waals surface area (Å²) in [7, 11) is 1.85. The summed E-state index contributed by atoms with van der Waals surface area (Å²) < 4.78 is 0. The summed E-state index contributed by atoms with van der Waals surface area (Å²) in [5.74, 6) is -0.297. The molecule has 3 N–H and O–H groups in total. The molecule has 6 heteroatoms. The molecule has 1 aromatic carbocycles. The van der Waals surface area contributed by atoms with Gasteiger partial charge in [0.05, 0.1) is 0 Å². The van der Waals surface area contributed by atoms with E-state index >= 15 is 0 Å². The van der Waals surface area contributed by atoms with Crippen LogP contribution >= 0.6 is 0 Å². The predicted molar refractivity (Wildman–Crippen MR) is 97.3 cm³/mol. The Morgan fingerprint density at radius 3 is 2.71 bits per heavy atom. The number of amides is 2. The molecule has 0 bridgehead atoms. The summed E-state index contributed by atoms with van der Waals surface area (Å²) >= 11 is 0. The first-order valence-electron chi connectivity index (χ1n) is 8.70. The van der Waals surface area contributed by atoms with Gasteiger partial charge in [-0.05, 0) is 58.0 Å². The third-order valence-electron chi connectivity index (χ3n) is 4.19. The van der Waals surface area contributed by atoms with E-state index in [1.165, 1.54) is 12.8 Å². The molecule has 1 aromatic rings. The number of rotatable bonds is 8. The van der Waals surface area contributed by atoms with Crippen LogP contribution in [0, 0.1) is 0 Å². The maximum Gasteiger partial charge on any atom is 0.246 e. The number of carbonyl (C=O) groups is 2. The van der Waals surface area contributed by atoms with E-state index in [9.17, 15) is 9.59 Å². The van der Waals surface area contributed by atoms with Gasteiger partial charge in [-0.2, -0.15) is 0 Å². The first-order valence-corrected chi connectivity index (χ1v) is 8.70. The number of nitrogens with one attached hydrogen (secondary N) is 3. The van der Waals surface area contributed by atoms with Crippen molar-refractivity contribution in [1.82, 2.24) is 10.6 Å². The molecule has 1 aliphatic heterocycles. The van der Waals surface area contributed by atoms with Gasteiger partial charge >= 0.3 is 0 Å². The van der Waals surface area contributed by atoms with E-state index in [0.717, 1.165) is 37.4 Å². The molecule has 1 saturated heterocycles. The predicted octanol–water partition coefficient (Wildman–Crippen LogP) is 1.73. The van der Waals surface area contributed by atoms with Crippen LogP contribution in [0.15, 0.2) is 24.3 Å². The third kappa shape index (κ3) is 5.53. The van der Waals surface area contributed by atoms with Crippen molar-refractivity contribution in [3.63, 3.8) is 0 Å². The summed E-state index contributed by atoms with van der Waals surface area (Å²) in [6, 6.07) is 7.32. The average molecular weight is 332 g/mol. The van der Waals surface area contributed by atoms with E-state index in [2.05, 4.69) is 26.9 Å². The van der Waals surface area contributed by atoms with Crippen molar-refractivity contribution in [3.8, 4) is 0 Å². The van der Waals surface area contributed by atoms with Crippen molar-refractivity contribution in [2.24, 2.45) is 0 Å². The zero-order chi connectivity index (χ0) is 17.4. The SMILES string of the molecule is CNCCCC(=O)NC(C)C(=O)Nc1cccc(N2CCCC2)c1. The van der Waals surface area contributed by atoms with Crippen LogP contribution in [0.2, 0.25) is 0 Å². The fourth-order valence-electron chi connectivity index (χ4n) is 2.81. The summed E-state index contributed by atoms with van der Waals surface area (Å²) in [5.41, 5.74) is 1.90. The molecule has 0 radical (unpaired) electrons. The molecule has 1 atom stereocenters. The van der Waals surface area contributed by atoms with Crippen LogP contribution in [-0.4, -0.2) is 44.5 Å². The first-order chi connectivity index (χ1) is 11.6. The topological polar surface area (TPSA) is 73.5 Å². The van der Waals surface area contributed by atoms with Gasteiger partial charge in [0.1, 0.15) is 6.04 Å². The lowest BCUT2D eigenvalue weighted by atomic mass is 10.2. The number of hydrogen-bond acceptors (Lipinski definition) is 4. The summed E-state index contributed by atoms with van der Waals surface area (Å²) in [6.07, 6.45) is 3.61. The minimum Gasteiger partial charge on any atom is -0.371 e. The van der Waals surface area contributed by atoms with Gasteiger partial charge in [0, 0.05) is 30.9 Å². The van der Waals surface area contributed by atoms with Crippen molar-refractivity contribution in [1.29, 1.82) is 0 Å². The Hall–Kier alpha value is -2.08. The molecule has 1 unspecified atom stereocenters. The molecule has 1 aliphatic rings. The van der Waals surface area contributed by atoms with Crippen LogP contribution in [0.25, 0.3) is 0 Å². The number of nitrogens with zero attached hydrogens (tertiary/aromatic N) is 1. The molecule has 0 aliphatic carbocycles. The van der Waals surface area contributed by atoms with Crippen molar-refractivity contribution in [2.75, 3.05) is 36.9 Å². The second-order valence-corrected chi connectivity index (χ2v) is 6.23. The van der Waals surface area contributed by atoms with Crippen LogP contribution in [0.1, 0.15) is 32.6 Å². The lowest BCUT2D eigenvalue weighted by Crippen LogP contribution is -2.41. The molecule has 24 heavy (non-hydrogen) atoms.